The summed E-state index contributed by atoms with van der Waals surface area (Å²) in [6.07, 6.45) is 3.00. The molecule has 0 aromatic carbocycles. The minimum Gasteiger partial charge on any atom is -0.368 e. The second-order valence-electron chi connectivity index (χ2n) is 4.92. The molecule has 0 amide bonds. The van der Waals surface area contributed by atoms with E-state index in [4.69, 9.17) is 9.26 Å². The molecule has 7 heteroatoms. The molecule has 0 bridgehead atoms. The van der Waals surface area contributed by atoms with Crippen molar-refractivity contribution in [3.05, 3.63) is 27.8 Å². The van der Waals surface area contributed by atoms with Crippen molar-refractivity contribution >= 4 is 11.3 Å². The van der Waals surface area contributed by atoms with Gasteiger partial charge in [0.25, 0.3) is 5.89 Å². The van der Waals surface area contributed by atoms with Crippen molar-refractivity contribution < 1.29 is 9.26 Å². The summed E-state index contributed by atoms with van der Waals surface area (Å²) < 4.78 is 11.0. The van der Waals surface area contributed by atoms with Crippen LogP contribution >= 0.6 is 11.3 Å². The molecule has 0 saturated carbocycles. The van der Waals surface area contributed by atoms with E-state index in [1.165, 1.54) is 0 Å². The number of thiazole rings is 1. The van der Waals surface area contributed by atoms with Crippen LogP contribution < -0.4 is 5.32 Å². The highest BCUT2D eigenvalue weighted by Gasteiger charge is 2.15. The largest absolute Gasteiger partial charge is 0.368 e. The van der Waals surface area contributed by atoms with Gasteiger partial charge in [-0.3, -0.25) is 0 Å². The normalized spacial score (nSPS) is 16.6. The lowest BCUT2D eigenvalue weighted by atomic mass is 10.1. The van der Waals surface area contributed by atoms with Crippen LogP contribution in [0.2, 0.25) is 0 Å². The van der Waals surface area contributed by atoms with Gasteiger partial charge < -0.3 is 14.6 Å². The summed E-state index contributed by atoms with van der Waals surface area (Å²) >= 11 is 1.62. The summed E-state index contributed by atoms with van der Waals surface area (Å²) in [7, 11) is 0. The van der Waals surface area contributed by atoms with Gasteiger partial charge in [0, 0.05) is 11.1 Å². The van der Waals surface area contributed by atoms with Crippen LogP contribution in [0, 0.1) is 6.92 Å². The van der Waals surface area contributed by atoms with Crippen LogP contribution in [-0.4, -0.2) is 34.3 Å². The van der Waals surface area contributed by atoms with Gasteiger partial charge in [-0.05, 0) is 32.9 Å². The predicted octanol–water partition coefficient (Wildman–Crippen LogP) is 1.69. The predicted molar refractivity (Wildman–Crippen MR) is 74.6 cm³/mol. The zero-order valence-corrected chi connectivity index (χ0v) is 12.3. The van der Waals surface area contributed by atoms with Gasteiger partial charge in [0.1, 0.15) is 11.6 Å². The van der Waals surface area contributed by atoms with Crippen LogP contribution in [0.1, 0.15) is 35.3 Å². The number of hydrogen-bond donors (Lipinski definition) is 1. The molecule has 0 aliphatic carbocycles. The van der Waals surface area contributed by atoms with Gasteiger partial charge >= 0.3 is 0 Å². The van der Waals surface area contributed by atoms with Gasteiger partial charge in [-0.1, -0.05) is 5.16 Å². The van der Waals surface area contributed by atoms with Gasteiger partial charge in [0.05, 0.1) is 12.5 Å². The van der Waals surface area contributed by atoms with Crippen molar-refractivity contribution in [2.75, 3.05) is 13.1 Å². The molecule has 3 heterocycles. The Labute approximate surface area is 121 Å². The Balaban J connectivity index is 1.51. The van der Waals surface area contributed by atoms with Gasteiger partial charge in [0.15, 0.2) is 5.82 Å². The quantitative estimate of drug-likeness (QED) is 0.904. The fraction of sp³-hybridized carbons (Fsp3) is 0.615. The summed E-state index contributed by atoms with van der Waals surface area (Å²) in [4.78, 5) is 8.74. The zero-order chi connectivity index (χ0) is 13.8. The molecule has 2 aromatic heterocycles. The lowest BCUT2D eigenvalue weighted by Crippen LogP contribution is -2.32. The molecule has 20 heavy (non-hydrogen) atoms. The number of rotatable bonds is 5. The van der Waals surface area contributed by atoms with Gasteiger partial charge in [-0.2, -0.15) is 4.98 Å². The summed E-state index contributed by atoms with van der Waals surface area (Å²) in [5.41, 5.74) is 1.03. The topological polar surface area (TPSA) is 73.1 Å². The van der Waals surface area contributed by atoms with Crippen LogP contribution in [0.15, 0.2) is 9.90 Å². The van der Waals surface area contributed by atoms with E-state index in [0.29, 0.717) is 30.8 Å². The smallest absolute Gasteiger partial charge is 0.252 e. The van der Waals surface area contributed by atoms with E-state index in [1.54, 1.807) is 11.3 Å². The molecule has 1 fully saturated rings. The van der Waals surface area contributed by atoms with Crippen LogP contribution in [0.4, 0.5) is 0 Å². The Morgan fingerprint density at radius 2 is 2.25 bits per heavy atom. The highest BCUT2D eigenvalue weighted by Crippen LogP contribution is 2.14. The number of piperidine rings is 1. The molecular formula is C13H18N4O2S. The molecule has 1 saturated heterocycles. The molecule has 1 aliphatic heterocycles. The van der Waals surface area contributed by atoms with E-state index < -0.39 is 0 Å². The minimum atomic E-state index is 0.299. The lowest BCUT2D eigenvalue weighted by molar-refractivity contribution is 0.00859. The van der Waals surface area contributed by atoms with Gasteiger partial charge in [-0.25, -0.2) is 4.98 Å². The van der Waals surface area contributed by atoms with Crippen molar-refractivity contribution in [2.45, 2.75) is 38.9 Å². The molecule has 108 valence electrons. The first kappa shape index (κ1) is 13.7. The van der Waals surface area contributed by atoms with Crippen molar-refractivity contribution in [3.63, 3.8) is 0 Å². The first-order chi connectivity index (χ1) is 9.79. The zero-order valence-electron chi connectivity index (χ0n) is 11.5. The van der Waals surface area contributed by atoms with E-state index in [1.807, 2.05) is 12.3 Å². The minimum absolute atomic E-state index is 0.299. The highest BCUT2D eigenvalue weighted by molar-refractivity contribution is 7.09. The first-order valence-electron chi connectivity index (χ1n) is 6.84. The fourth-order valence-electron chi connectivity index (χ4n) is 2.19. The molecule has 1 aliphatic rings. The summed E-state index contributed by atoms with van der Waals surface area (Å²) in [5.74, 6) is 1.22. The van der Waals surface area contributed by atoms with Crippen LogP contribution in [0.3, 0.4) is 0 Å². The third-order valence-corrected chi connectivity index (χ3v) is 4.18. The summed E-state index contributed by atoms with van der Waals surface area (Å²) in [6.45, 7) is 4.41. The second-order valence-corrected chi connectivity index (χ2v) is 5.87. The van der Waals surface area contributed by atoms with Crippen LogP contribution in [0.5, 0.6) is 0 Å². The van der Waals surface area contributed by atoms with Crippen molar-refractivity contribution in [1.29, 1.82) is 0 Å². The number of aryl methyl sites for hydroxylation is 1. The van der Waals surface area contributed by atoms with Crippen LogP contribution in [0.25, 0.3) is 0 Å². The van der Waals surface area contributed by atoms with E-state index in [2.05, 4.69) is 20.4 Å². The van der Waals surface area contributed by atoms with Gasteiger partial charge in [0.2, 0.25) is 0 Å². The van der Waals surface area contributed by atoms with Crippen molar-refractivity contribution in [3.8, 4) is 0 Å². The molecule has 0 radical (unpaired) electrons. The van der Waals surface area contributed by atoms with E-state index in [9.17, 15) is 0 Å². The fourth-order valence-corrected chi connectivity index (χ4v) is 2.96. The molecule has 2 aromatic rings. The molecule has 3 rings (SSSR count). The number of ether oxygens (including phenoxy) is 1. The summed E-state index contributed by atoms with van der Waals surface area (Å²) in [6, 6.07) is 0. The van der Waals surface area contributed by atoms with E-state index >= 15 is 0 Å². The summed E-state index contributed by atoms with van der Waals surface area (Å²) in [5, 5.41) is 10.3. The third-order valence-electron chi connectivity index (χ3n) is 3.21. The molecule has 6 nitrogen and oxygen atoms in total. The number of aromatic nitrogens is 3. The monoisotopic (exact) mass is 294 g/mol. The Hall–Kier alpha value is -1.31. The lowest BCUT2D eigenvalue weighted by Gasteiger charge is -2.21. The highest BCUT2D eigenvalue weighted by atomic mass is 32.1. The van der Waals surface area contributed by atoms with Crippen LogP contribution in [-0.2, 0) is 17.8 Å². The molecule has 0 unspecified atom stereocenters. The number of nitrogens with zero attached hydrogens (tertiary/aromatic N) is 3. The third kappa shape index (κ3) is 3.62. The Bertz CT molecular complexity index is 548. The Kier molecular flexibility index (Phi) is 4.39. The standard InChI is InChI=1S/C13H18N4O2S/c1-9-8-20-13(15-9)6-11-16-12(19-17-11)7-18-10-2-4-14-5-3-10/h8,10,14H,2-7H2,1H3. The first-order valence-corrected chi connectivity index (χ1v) is 7.72. The Morgan fingerprint density at radius 3 is 3.00 bits per heavy atom. The maximum Gasteiger partial charge on any atom is 0.252 e. The molecule has 0 spiro atoms. The molecule has 0 atom stereocenters. The average Bonchev–Trinajstić information content (AvgIpc) is 3.08. The van der Waals surface area contributed by atoms with E-state index in [-0.39, 0.29) is 0 Å². The Morgan fingerprint density at radius 1 is 1.40 bits per heavy atom. The second kappa shape index (κ2) is 6.43. The maximum atomic E-state index is 5.79. The van der Waals surface area contributed by atoms with Crippen molar-refractivity contribution in [2.24, 2.45) is 0 Å². The maximum absolute atomic E-state index is 5.79. The molecular weight excluding hydrogens is 276 g/mol. The molecule has 1 N–H and O–H groups in total. The SMILES string of the molecule is Cc1csc(Cc2noc(COC3CCNCC3)n2)n1. The van der Waals surface area contributed by atoms with Gasteiger partial charge in [-0.15, -0.1) is 11.3 Å². The van der Waals surface area contributed by atoms with Crippen molar-refractivity contribution in [1.82, 2.24) is 20.4 Å². The number of nitrogens with one attached hydrogen (secondary N) is 1. The average molecular weight is 294 g/mol. The number of hydrogen-bond acceptors (Lipinski definition) is 7. The van der Waals surface area contributed by atoms with E-state index in [0.717, 1.165) is 36.6 Å².